The molecule has 2 aromatic carbocycles. The molecule has 98 valence electrons. The quantitative estimate of drug-likeness (QED) is 0.717. The highest BCUT2D eigenvalue weighted by molar-refractivity contribution is 5.71. The molecule has 0 saturated carbocycles. The van der Waals surface area contributed by atoms with Gasteiger partial charge in [0.1, 0.15) is 17.7 Å². The average Bonchev–Trinajstić information content (AvgIpc) is 2.95. The molecule has 1 heterocycles. The van der Waals surface area contributed by atoms with Crippen LogP contribution >= 0.6 is 0 Å². The van der Waals surface area contributed by atoms with Crippen molar-refractivity contribution in [3.05, 3.63) is 71.9 Å². The summed E-state index contributed by atoms with van der Waals surface area (Å²) in [6, 6.07) is 23.1. The monoisotopic (exact) mass is 270 g/mol. The van der Waals surface area contributed by atoms with Crippen LogP contribution in [0.15, 0.2) is 60.7 Å². The fraction of sp³-hybridized carbons (Fsp3) is 0. The maximum absolute atomic E-state index is 9.40. The first-order valence-electron chi connectivity index (χ1n) is 6.39. The zero-order chi connectivity index (χ0) is 14.7. The molecular formula is C17H10N4. The van der Waals surface area contributed by atoms with Crippen molar-refractivity contribution in [2.75, 3.05) is 0 Å². The molecule has 3 rings (SSSR count). The molecule has 0 unspecified atom stereocenters. The molecule has 0 atom stereocenters. The summed E-state index contributed by atoms with van der Waals surface area (Å²) >= 11 is 0. The van der Waals surface area contributed by atoms with Crippen molar-refractivity contribution < 1.29 is 0 Å². The third kappa shape index (κ3) is 2.16. The SMILES string of the molecule is N#Cc1nn(-c2ccccc2)c(-c2ccccc2)c1C#N. The highest BCUT2D eigenvalue weighted by atomic mass is 15.3. The summed E-state index contributed by atoms with van der Waals surface area (Å²) in [6.07, 6.45) is 0. The van der Waals surface area contributed by atoms with Crippen molar-refractivity contribution >= 4 is 0 Å². The van der Waals surface area contributed by atoms with Crippen LogP contribution in [0.1, 0.15) is 11.3 Å². The molecule has 0 aliphatic heterocycles. The summed E-state index contributed by atoms with van der Waals surface area (Å²) in [5.41, 5.74) is 2.75. The maximum Gasteiger partial charge on any atom is 0.181 e. The van der Waals surface area contributed by atoms with E-state index < -0.39 is 0 Å². The Kier molecular flexibility index (Phi) is 3.21. The molecule has 0 aliphatic carbocycles. The number of para-hydroxylation sites is 1. The molecule has 0 N–H and O–H groups in total. The lowest BCUT2D eigenvalue weighted by molar-refractivity contribution is 0.880. The highest BCUT2D eigenvalue weighted by Gasteiger charge is 2.19. The maximum atomic E-state index is 9.40. The first-order chi connectivity index (χ1) is 10.3. The topological polar surface area (TPSA) is 65.4 Å². The number of aromatic nitrogens is 2. The number of nitrogens with zero attached hydrogens (tertiary/aromatic N) is 4. The van der Waals surface area contributed by atoms with Crippen LogP contribution in [0.25, 0.3) is 16.9 Å². The van der Waals surface area contributed by atoms with E-state index in [4.69, 9.17) is 0 Å². The van der Waals surface area contributed by atoms with E-state index in [0.717, 1.165) is 11.3 Å². The van der Waals surface area contributed by atoms with Gasteiger partial charge in [-0.3, -0.25) is 0 Å². The molecule has 0 bridgehead atoms. The minimum atomic E-state index is 0.139. The van der Waals surface area contributed by atoms with E-state index in [1.807, 2.05) is 66.7 Å². The Morgan fingerprint density at radius 2 is 1.43 bits per heavy atom. The average molecular weight is 270 g/mol. The molecule has 21 heavy (non-hydrogen) atoms. The molecule has 0 radical (unpaired) electrons. The van der Waals surface area contributed by atoms with Gasteiger partial charge in [0.2, 0.25) is 0 Å². The van der Waals surface area contributed by atoms with E-state index in [-0.39, 0.29) is 5.69 Å². The van der Waals surface area contributed by atoms with Crippen LogP contribution in [0.3, 0.4) is 0 Å². The van der Waals surface area contributed by atoms with Crippen molar-refractivity contribution in [3.8, 4) is 29.1 Å². The smallest absolute Gasteiger partial charge is 0.181 e. The summed E-state index contributed by atoms with van der Waals surface area (Å²) in [5, 5.41) is 22.9. The summed E-state index contributed by atoms with van der Waals surface area (Å²) in [7, 11) is 0. The standard InChI is InChI=1S/C17H10N4/c18-11-15-16(12-19)20-21(14-9-5-2-6-10-14)17(15)13-7-3-1-4-8-13/h1-10H. The van der Waals surface area contributed by atoms with Crippen LogP contribution in [0, 0.1) is 22.7 Å². The van der Waals surface area contributed by atoms with Gasteiger partial charge in [-0.2, -0.15) is 15.6 Å². The van der Waals surface area contributed by atoms with Crippen LogP contribution in [-0.2, 0) is 0 Å². The van der Waals surface area contributed by atoms with Gasteiger partial charge in [-0.25, -0.2) is 4.68 Å². The fourth-order valence-electron chi connectivity index (χ4n) is 2.22. The largest absolute Gasteiger partial charge is 0.230 e. The molecule has 1 aromatic heterocycles. The Bertz CT molecular complexity index is 850. The molecule has 0 aliphatic rings. The first kappa shape index (κ1) is 12.7. The summed E-state index contributed by atoms with van der Waals surface area (Å²) in [6.45, 7) is 0. The second-order valence-corrected chi connectivity index (χ2v) is 4.41. The lowest BCUT2D eigenvalue weighted by Crippen LogP contribution is -1.99. The summed E-state index contributed by atoms with van der Waals surface area (Å²) in [4.78, 5) is 0. The molecular weight excluding hydrogens is 260 g/mol. The molecule has 0 saturated heterocycles. The minimum Gasteiger partial charge on any atom is -0.230 e. The van der Waals surface area contributed by atoms with Crippen molar-refractivity contribution in [2.45, 2.75) is 0 Å². The van der Waals surface area contributed by atoms with Crippen LogP contribution in [0.2, 0.25) is 0 Å². The van der Waals surface area contributed by atoms with Crippen LogP contribution in [0.4, 0.5) is 0 Å². The molecule has 4 heteroatoms. The van der Waals surface area contributed by atoms with Gasteiger partial charge in [0.15, 0.2) is 5.69 Å². The van der Waals surface area contributed by atoms with E-state index in [2.05, 4.69) is 11.2 Å². The molecule has 0 spiro atoms. The minimum absolute atomic E-state index is 0.139. The number of benzene rings is 2. The van der Waals surface area contributed by atoms with Gasteiger partial charge in [0, 0.05) is 5.56 Å². The van der Waals surface area contributed by atoms with Crippen molar-refractivity contribution in [1.82, 2.24) is 9.78 Å². The number of rotatable bonds is 2. The highest BCUT2D eigenvalue weighted by Crippen LogP contribution is 2.28. The zero-order valence-electron chi connectivity index (χ0n) is 11.1. The third-order valence-corrected chi connectivity index (χ3v) is 3.15. The lowest BCUT2D eigenvalue weighted by atomic mass is 10.1. The van der Waals surface area contributed by atoms with Crippen LogP contribution < -0.4 is 0 Å². The van der Waals surface area contributed by atoms with Gasteiger partial charge in [0.25, 0.3) is 0 Å². The van der Waals surface area contributed by atoms with E-state index in [1.165, 1.54) is 0 Å². The van der Waals surface area contributed by atoms with Crippen molar-refractivity contribution in [1.29, 1.82) is 10.5 Å². The number of hydrogen-bond acceptors (Lipinski definition) is 3. The third-order valence-electron chi connectivity index (χ3n) is 3.15. The number of hydrogen-bond donors (Lipinski definition) is 0. The van der Waals surface area contributed by atoms with Gasteiger partial charge < -0.3 is 0 Å². The van der Waals surface area contributed by atoms with Gasteiger partial charge >= 0.3 is 0 Å². The van der Waals surface area contributed by atoms with Gasteiger partial charge in [-0.05, 0) is 12.1 Å². The van der Waals surface area contributed by atoms with Crippen molar-refractivity contribution in [2.24, 2.45) is 0 Å². The molecule has 0 amide bonds. The van der Waals surface area contributed by atoms with Crippen LogP contribution in [0.5, 0.6) is 0 Å². The number of nitriles is 2. The van der Waals surface area contributed by atoms with Gasteiger partial charge in [-0.15, -0.1) is 0 Å². The summed E-state index contributed by atoms with van der Waals surface area (Å²) in [5.74, 6) is 0. The Hall–Kier alpha value is -3.37. The van der Waals surface area contributed by atoms with E-state index in [9.17, 15) is 10.5 Å². The Morgan fingerprint density at radius 1 is 0.810 bits per heavy atom. The second kappa shape index (κ2) is 5.32. The Labute approximate surface area is 122 Å². The van der Waals surface area contributed by atoms with E-state index in [1.54, 1.807) is 4.68 Å². The van der Waals surface area contributed by atoms with Gasteiger partial charge in [0.05, 0.1) is 11.4 Å². The predicted molar refractivity (Wildman–Crippen MR) is 78.4 cm³/mol. The normalized spacial score (nSPS) is 9.81. The molecule has 0 fully saturated rings. The lowest BCUT2D eigenvalue weighted by Gasteiger charge is -2.07. The van der Waals surface area contributed by atoms with E-state index >= 15 is 0 Å². The van der Waals surface area contributed by atoms with E-state index in [0.29, 0.717) is 11.3 Å². The second-order valence-electron chi connectivity index (χ2n) is 4.41. The molecule has 4 nitrogen and oxygen atoms in total. The first-order valence-corrected chi connectivity index (χ1v) is 6.39. The zero-order valence-corrected chi connectivity index (χ0v) is 11.1. The predicted octanol–water partition coefficient (Wildman–Crippen LogP) is 3.28. The van der Waals surface area contributed by atoms with Crippen molar-refractivity contribution in [3.63, 3.8) is 0 Å². The molecule has 3 aromatic rings. The van der Waals surface area contributed by atoms with Crippen LogP contribution in [-0.4, -0.2) is 9.78 Å². The summed E-state index contributed by atoms with van der Waals surface area (Å²) < 4.78 is 1.65. The fourth-order valence-corrected chi connectivity index (χ4v) is 2.22. The van der Waals surface area contributed by atoms with Gasteiger partial charge in [-0.1, -0.05) is 48.5 Å². The Morgan fingerprint density at radius 3 is 2.00 bits per heavy atom. The Balaban J connectivity index is 2.34.